The Kier molecular flexibility index (Phi) is 3.73. The second-order valence-electron chi connectivity index (χ2n) is 4.97. The Balaban J connectivity index is 2.52. The highest BCUT2D eigenvalue weighted by molar-refractivity contribution is 5.71. The van der Waals surface area contributed by atoms with E-state index < -0.39 is 36.1 Å². The number of carboxylic acid groups (broad SMARTS) is 1. The van der Waals surface area contributed by atoms with Crippen molar-refractivity contribution in [2.75, 3.05) is 6.54 Å². The normalized spacial score (nSPS) is 29.5. The molecule has 0 aliphatic heterocycles. The third-order valence-corrected chi connectivity index (χ3v) is 3.48. The fraction of sp³-hybridized carbons (Fsp3) is 0.900. The Morgan fingerprint density at radius 2 is 2.06 bits per heavy atom. The molecule has 7 heteroatoms. The largest absolute Gasteiger partial charge is 0.481 e. The first-order chi connectivity index (χ1) is 7.56. The van der Waals surface area contributed by atoms with Gasteiger partial charge < -0.3 is 15.5 Å². The number of carboxylic acids is 1. The summed E-state index contributed by atoms with van der Waals surface area (Å²) in [5.74, 6) is -4.29. The summed E-state index contributed by atoms with van der Waals surface area (Å²) in [5, 5.41) is 20.5. The molecule has 0 radical (unpaired) electrons. The van der Waals surface area contributed by atoms with Gasteiger partial charge >= 0.3 is 12.1 Å². The topological polar surface area (TPSA) is 69.6 Å². The molecule has 4 nitrogen and oxygen atoms in total. The summed E-state index contributed by atoms with van der Waals surface area (Å²) >= 11 is 0. The van der Waals surface area contributed by atoms with Crippen molar-refractivity contribution in [3.63, 3.8) is 0 Å². The Labute approximate surface area is 96.8 Å². The van der Waals surface area contributed by atoms with Crippen LogP contribution in [0.15, 0.2) is 0 Å². The van der Waals surface area contributed by atoms with Crippen molar-refractivity contribution >= 4 is 5.97 Å². The highest BCUT2D eigenvalue weighted by Crippen LogP contribution is 2.40. The molecule has 1 aliphatic rings. The van der Waals surface area contributed by atoms with E-state index in [1.54, 1.807) is 13.8 Å². The van der Waals surface area contributed by atoms with Crippen LogP contribution in [-0.4, -0.2) is 41.0 Å². The maximum absolute atomic E-state index is 12.3. The fourth-order valence-electron chi connectivity index (χ4n) is 1.85. The molecule has 3 unspecified atom stereocenters. The summed E-state index contributed by atoms with van der Waals surface area (Å²) in [4.78, 5) is 10.5. The zero-order valence-electron chi connectivity index (χ0n) is 9.58. The predicted octanol–water partition coefficient (Wildman–Crippen LogP) is 0.998. The number of aliphatic hydroxyl groups is 1. The van der Waals surface area contributed by atoms with Crippen molar-refractivity contribution < 1.29 is 28.2 Å². The third-order valence-electron chi connectivity index (χ3n) is 3.48. The van der Waals surface area contributed by atoms with E-state index in [-0.39, 0.29) is 6.04 Å². The van der Waals surface area contributed by atoms with E-state index in [1.807, 2.05) is 0 Å². The van der Waals surface area contributed by atoms with Crippen LogP contribution in [0.2, 0.25) is 0 Å². The van der Waals surface area contributed by atoms with Crippen LogP contribution in [0.3, 0.4) is 0 Å². The minimum Gasteiger partial charge on any atom is -0.481 e. The molecular formula is C10H16F3NO3. The quantitative estimate of drug-likeness (QED) is 0.701. The highest BCUT2D eigenvalue weighted by atomic mass is 19.4. The number of alkyl halides is 3. The molecule has 1 aliphatic carbocycles. The SMILES string of the molecule is CC1(C)C(O)CC1NCC(C(=O)O)C(F)(F)F. The van der Waals surface area contributed by atoms with Crippen molar-refractivity contribution in [3.8, 4) is 0 Å². The smallest absolute Gasteiger partial charge is 0.403 e. The monoisotopic (exact) mass is 255 g/mol. The maximum Gasteiger partial charge on any atom is 0.403 e. The molecule has 3 atom stereocenters. The average molecular weight is 255 g/mol. The standard InChI is InChI=1S/C10H16F3NO3/c1-9(2)6(3-7(9)15)14-4-5(8(16)17)10(11,12)13/h5-7,14-15H,3-4H2,1-2H3,(H,16,17). The fourth-order valence-corrected chi connectivity index (χ4v) is 1.85. The Hall–Kier alpha value is -0.820. The van der Waals surface area contributed by atoms with E-state index in [2.05, 4.69) is 5.32 Å². The van der Waals surface area contributed by atoms with Crippen LogP contribution in [0, 0.1) is 11.3 Å². The zero-order chi connectivity index (χ0) is 13.4. The second-order valence-corrected chi connectivity index (χ2v) is 4.97. The number of hydrogen-bond donors (Lipinski definition) is 3. The number of hydrogen-bond acceptors (Lipinski definition) is 3. The molecular weight excluding hydrogens is 239 g/mol. The van der Waals surface area contributed by atoms with Crippen LogP contribution in [0.4, 0.5) is 13.2 Å². The molecule has 0 aromatic heterocycles. The van der Waals surface area contributed by atoms with E-state index >= 15 is 0 Å². The van der Waals surface area contributed by atoms with Gasteiger partial charge in [-0.25, -0.2) is 0 Å². The van der Waals surface area contributed by atoms with Crippen LogP contribution in [0.5, 0.6) is 0 Å². The zero-order valence-corrected chi connectivity index (χ0v) is 9.58. The minimum atomic E-state index is -4.76. The van der Waals surface area contributed by atoms with Gasteiger partial charge in [0.2, 0.25) is 0 Å². The lowest BCUT2D eigenvalue weighted by Gasteiger charge is -2.50. The van der Waals surface area contributed by atoms with Gasteiger partial charge in [-0.3, -0.25) is 4.79 Å². The van der Waals surface area contributed by atoms with Gasteiger partial charge in [0.1, 0.15) is 0 Å². The molecule has 1 saturated carbocycles. The van der Waals surface area contributed by atoms with Gasteiger partial charge in [-0.2, -0.15) is 13.2 Å². The van der Waals surface area contributed by atoms with Gasteiger partial charge in [-0.1, -0.05) is 13.8 Å². The molecule has 100 valence electrons. The van der Waals surface area contributed by atoms with Crippen LogP contribution in [0.25, 0.3) is 0 Å². The first kappa shape index (κ1) is 14.2. The summed E-state index contributed by atoms with van der Waals surface area (Å²) in [6.07, 6.45) is -4.98. The molecule has 3 N–H and O–H groups in total. The molecule has 0 aromatic carbocycles. The molecule has 0 saturated heterocycles. The molecule has 0 heterocycles. The minimum absolute atomic E-state index is 0.290. The van der Waals surface area contributed by atoms with Crippen molar-refractivity contribution in [3.05, 3.63) is 0 Å². The Morgan fingerprint density at radius 1 is 1.53 bits per heavy atom. The van der Waals surface area contributed by atoms with Crippen molar-refractivity contribution in [1.82, 2.24) is 5.32 Å². The van der Waals surface area contributed by atoms with Crippen LogP contribution >= 0.6 is 0 Å². The highest BCUT2D eigenvalue weighted by Gasteiger charge is 2.50. The predicted molar refractivity (Wildman–Crippen MR) is 53.4 cm³/mol. The van der Waals surface area contributed by atoms with Gasteiger partial charge in [0.05, 0.1) is 6.10 Å². The Morgan fingerprint density at radius 3 is 2.35 bits per heavy atom. The second kappa shape index (κ2) is 4.45. The molecule has 17 heavy (non-hydrogen) atoms. The van der Waals surface area contributed by atoms with Crippen LogP contribution in [0.1, 0.15) is 20.3 Å². The van der Waals surface area contributed by atoms with E-state index in [0.717, 1.165) is 0 Å². The lowest BCUT2D eigenvalue weighted by molar-refractivity contribution is -0.194. The average Bonchev–Trinajstić information content (AvgIpc) is 2.14. The number of aliphatic hydroxyl groups excluding tert-OH is 1. The number of halogens is 3. The lowest BCUT2D eigenvalue weighted by atomic mass is 9.64. The van der Waals surface area contributed by atoms with Gasteiger partial charge in [-0.15, -0.1) is 0 Å². The van der Waals surface area contributed by atoms with Gasteiger partial charge in [0, 0.05) is 18.0 Å². The Bertz CT molecular complexity index is 304. The van der Waals surface area contributed by atoms with Gasteiger partial charge in [0.25, 0.3) is 0 Å². The molecule has 0 aromatic rings. The summed E-state index contributed by atoms with van der Waals surface area (Å²) in [5.41, 5.74) is -0.519. The summed E-state index contributed by atoms with van der Waals surface area (Å²) in [7, 11) is 0. The van der Waals surface area contributed by atoms with Crippen LogP contribution < -0.4 is 5.32 Å². The first-order valence-electron chi connectivity index (χ1n) is 5.27. The van der Waals surface area contributed by atoms with Crippen molar-refractivity contribution in [2.45, 2.75) is 38.6 Å². The van der Waals surface area contributed by atoms with Crippen LogP contribution in [-0.2, 0) is 4.79 Å². The lowest BCUT2D eigenvalue weighted by Crippen LogP contribution is -2.61. The number of nitrogens with one attached hydrogen (secondary N) is 1. The number of rotatable bonds is 4. The van der Waals surface area contributed by atoms with E-state index in [1.165, 1.54) is 0 Å². The van der Waals surface area contributed by atoms with Gasteiger partial charge in [0.15, 0.2) is 5.92 Å². The molecule has 0 amide bonds. The maximum atomic E-state index is 12.3. The molecule has 0 spiro atoms. The van der Waals surface area contributed by atoms with E-state index in [4.69, 9.17) is 5.11 Å². The number of aliphatic carboxylic acids is 1. The summed E-state index contributed by atoms with van der Waals surface area (Å²) in [6, 6.07) is -0.290. The molecule has 1 rings (SSSR count). The van der Waals surface area contributed by atoms with E-state index in [9.17, 15) is 23.1 Å². The summed E-state index contributed by atoms with van der Waals surface area (Å²) in [6.45, 7) is 2.78. The molecule has 0 bridgehead atoms. The van der Waals surface area contributed by atoms with Crippen molar-refractivity contribution in [1.29, 1.82) is 0 Å². The first-order valence-corrected chi connectivity index (χ1v) is 5.27. The summed E-state index contributed by atoms with van der Waals surface area (Å²) < 4.78 is 37.0. The number of carbonyl (C=O) groups is 1. The molecule has 1 fully saturated rings. The van der Waals surface area contributed by atoms with E-state index in [0.29, 0.717) is 6.42 Å². The van der Waals surface area contributed by atoms with Gasteiger partial charge in [-0.05, 0) is 6.42 Å². The third kappa shape index (κ3) is 2.90. The van der Waals surface area contributed by atoms with Crippen molar-refractivity contribution in [2.24, 2.45) is 11.3 Å².